The summed E-state index contributed by atoms with van der Waals surface area (Å²) in [5.41, 5.74) is 0.956. The van der Waals surface area contributed by atoms with Crippen LogP contribution in [-0.4, -0.2) is 47.8 Å². The Balaban J connectivity index is 1.71. The maximum absolute atomic E-state index is 13.2. The normalized spacial score (nSPS) is 18.0. The summed E-state index contributed by atoms with van der Waals surface area (Å²) in [4.78, 5) is 18.3. The van der Waals surface area contributed by atoms with Crippen LogP contribution < -0.4 is 4.80 Å². The molecule has 0 bridgehead atoms. The second-order valence-corrected chi connectivity index (χ2v) is 12.1. The summed E-state index contributed by atoms with van der Waals surface area (Å²) in [5.74, 6) is 0.409. The van der Waals surface area contributed by atoms with E-state index in [0.29, 0.717) is 34.2 Å². The largest absolute Gasteiger partial charge is 0.316 e. The Morgan fingerprint density at radius 2 is 1.91 bits per heavy atom. The van der Waals surface area contributed by atoms with Crippen molar-refractivity contribution in [1.82, 2.24) is 8.87 Å². The van der Waals surface area contributed by atoms with Gasteiger partial charge in [-0.1, -0.05) is 34.5 Å². The molecule has 1 saturated heterocycles. The molecule has 1 aliphatic heterocycles. The molecule has 170 valence electrons. The van der Waals surface area contributed by atoms with Gasteiger partial charge in [0, 0.05) is 28.9 Å². The lowest BCUT2D eigenvalue weighted by Crippen LogP contribution is -2.40. The molecule has 1 fully saturated rings. The number of aryl methyl sites for hydroxylation is 1. The van der Waals surface area contributed by atoms with Gasteiger partial charge in [0.2, 0.25) is 10.0 Å². The SMILES string of the molecule is CSCCn1c(=NC(=O)C2CCCN2S(=O)(=O)c2ccc(Cl)cc2)sc2cc(Cl)ccc21. The quantitative estimate of drug-likeness (QED) is 0.465. The van der Waals surface area contributed by atoms with E-state index in [0.717, 1.165) is 16.0 Å². The Hall–Kier alpha value is -1.36. The van der Waals surface area contributed by atoms with Crippen molar-refractivity contribution < 1.29 is 13.2 Å². The lowest BCUT2D eigenvalue weighted by atomic mass is 10.2. The average molecular weight is 531 g/mol. The summed E-state index contributed by atoms with van der Waals surface area (Å²) < 4.78 is 30.5. The van der Waals surface area contributed by atoms with Crippen LogP contribution in [0.5, 0.6) is 0 Å². The third kappa shape index (κ3) is 4.78. The summed E-state index contributed by atoms with van der Waals surface area (Å²) in [6.45, 7) is 0.970. The molecule has 4 rings (SSSR count). The molecule has 0 aliphatic carbocycles. The van der Waals surface area contributed by atoms with Crippen molar-refractivity contribution in [2.24, 2.45) is 4.99 Å². The highest BCUT2D eigenvalue weighted by molar-refractivity contribution is 7.98. The van der Waals surface area contributed by atoms with E-state index in [4.69, 9.17) is 23.2 Å². The van der Waals surface area contributed by atoms with E-state index in [1.54, 1.807) is 11.8 Å². The van der Waals surface area contributed by atoms with Crippen molar-refractivity contribution in [2.75, 3.05) is 18.6 Å². The predicted octanol–water partition coefficient (Wildman–Crippen LogP) is 4.65. The van der Waals surface area contributed by atoms with E-state index < -0.39 is 22.0 Å². The number of carbonyl (C=O) groups excluding carboxylic acids is 1. The van der Waals surface area contributed by atoms with Crippen molar-refractivity contribution in [1.29, 1.82) is 0 Å². The lowest BCUT2D eigenvalue weighted by Gasteiger charge is -2.21. The van der Waals surface area contributed by atoms with Gasteiger partial charge in [-0.2, -0.15) is 21.1 Å². The number of carbonyl (C=O) groups is 1. The number of halogens is 2. The topological polar surface area (TPSA) is 71.7 Å². The fraction of sp³-hybridized carbons (Fsp3) is 0.333. The van der Waals surface area contributed by atoms with Crippen molar-refractivity contribution in [3.05, 3.63) is 57.3 Å². The van der Waals surface area contributed by atoms with Crippen LogP contribution in [0.2, 0.25) is 10.0 Å². The number of amides is 1. The molecule has 2 aromatic carbocycles. The van der Waals surface area contributed by atoms with Crippen LogP contribution >= 0.6 is 46.3 Å². The van der Waals surface area contributed by atoms with Crippen LogP contribution in [-0.2, 0) is 21.4 Å². The van der Waals surface area contributed by atoms with Crippen LogP contribution in [0.4, 0.5) is 0 Å². The van der Waals surface area contributed by atoms with Crippen LogP contribution in [0.25, 0.3) is 10.2 Å². The minimum atomic E-state index is -3.83. The molecule has 2 heterocycles. The van der Waals surface area contributed by atoms with Crippen molar-refractivity contribution in [3.63, 3.8) is 0 Å². The third-order valence-electron chi connectivity index (χ3n) is 5.28. The Kier molecular flexibility index (Phi) is 7.33. The molecule has 1 aromatic heterocycles. The molecule has 1 atom stereocenters. The summed E-state index contributed by atoms with van der Waals surface area (Å²) in [6, 6.07) is 10.7. The number of nitrogens with zero attached hydrogens (tertiary/aromatic N) is 3. The van der Waals surface area contributed by atoms with E-state index in [1.165, 1.54) is 39.9 Å². The van der Waals surface area contributed by atoms with Crippen molar-refractivity contribution in [2.45, 2.75) is 30.3 Å². The molecule has 0 N–H and O–H groups in total. The summed E-state index contributed by atoms with van der Waals surface area (Å²) in [6.07, 6.45) is 3.07. The van der Waals surface area contributed by atoms with E-state index in [-0.39, 0.29) is 11.4 Å². The Labute approximate surface area is 204 Å². The molecule has 11 heteroatoms. The molecule has 1 aliphatic rings. The standard InChI is InChI=1S/C21H21Cl2N3O3S3/c1-30-12-11-25-17-9-6-15(23)13-19(17)31-21(25)24-20(27)18-3-2-10-26(18)32(28,29)16-7-4-14(22)5-8-16/h4-9,13,18H,2-3,10-12H2,1H3. The first kappa shape index (κ1) is 23.8. The van der Waals surface area contributed by atoms with Crippen LogP contribution in [0, 0.1) is 0 Å². The minimum absolute atomic E-state index is 0.119. The molecule has 0 spiro atoms. The number of rotatable bonds is 6. The molecule has 1 unspecified atom stereocenters. The number of thiazole rings is 1. The zero-order valence-corrected chi connectivity index (χ0v) is 21.2. The van der Waals surface area contributed by atoms with E-state index in [9.17, 15) is 13.2 Å². The molecule has 6 nitrogen and oxygen atoms in total. The van der Waals surface area contributed by atoms with Gasteiger partial charge in [0.1, 0.15) is 6.04 Å². The molecule has 0 saturated carbocycles. The lowest BCUT2D eigenvalue weighted by molar-refractivity contribution is -0.121. The monoisotopic (exact) mass is 529 g/mol. The van der Waals surface area contributed by atoms with Crippen LogP contribution in [0.15, 0.2) is 52.4 Å². The second kappa shape index (κ2) is 9.87. The van der Waals surface area contributed by atoms with E-state index in [1.807, 2.05) is 29.0 Å². The molecular weight excluding hydrogens is 509 g/mol. The van der Waals surface area contributed by atoms with Crippen molar-refractivity contribution in [3.8, 4) is 0 Å². The fourth-order valence-electron chi connectivity index (χ4n) is 3.72. The number of hydrogen-bond acceptors (Lipinski definition) is 5. The van der Waals surface area contributed by atoms with Crippen LogP contribution in [0.1, 0.15) is 12.8 Å². The first-order valence-electron chi connectivity index (χ1n) is 9.95. The van der Waals surface area contributed by atoms with Gasteiger partial charge in [0.15, 0.2) is 4.80 Å². The number of aromatic nitrogens is 1. The Morgan fingerprint density at radius 1 is 1.19 bits per heavy atom. The van der Waals surface area contributed by atoms with Crippen molar-refractivity contribution >= 4 is 72.4 Å². The summed E-state index contributed by atoms with van der Waals surface area (Å²) >= 11 is 15.1. The first-order valence-corrected chi connectivity index (χ1v) is 14.4. The average Bonchev–Trinajstić information content (AvgIpc) is 3.37. The molecule has 1 amide bonds. The highest BCUT2D eigenvalue weighted by Crippen LogP contribution is 2.28. The van der Waals surface area contributed by atoms with Gasteiger partial charge in [-0.05, 0) is 61.6 Å². The number of thioether (sulfide) groups is 1. The van der Waals surface area contributed by atoms with Gasteiger partial charge < -0.3 is 4.57 Å². The fourth-order valence-corrected chi connectivity index (χ4v) is 7.20. The maximum Gasteiger partial charge on any atom is 0.266 e. The first-order chi connectivity index (χ1) is 15.3. The molecule has 3 aromatic rings. The van der Waals surface area contributed by atoms with E-state index >= 15 is 0 Å². The highest BCUT2D eigenvalue weighted by Gasteiger charge is 2.39. The van der Waals surface area contributed by atoms with Gasteiger partial charge in [0.05, 0.1) is 15.1 Å². The van der Waals surface area contributed by atoms with Gasteiger partial charge in [-0.15, -0.1) is 0 Å². The molecule has 0 radical (unpaired) electrons. The zero-order valence-electron chi connectivity index (χ0n) is 17.2. The van der Waals surface area contributed by atoms with Gasteiger partial charge in [0.25, 0.3) is 5.91 Å². The Bertz CT molecular complexity index is 1320. The molecular formula is C21H21Cl2N3O3S3. The number of fused-ring (bicyclic) bond motifs is 1. The second-order valence-electron chi connectivity index (χ2n) is 7.32. The van der Waals surface area contributed by atoms with E-state index in [2.05, 4.69) is 4.99 Å². The maximum atomic E-state index is 13.2. The highest BCUT2D eigenvalue weighted by atomic mass is 35.5. The number of benzene rings is 2. The van der Waals surface area contributed by atoms with Gasteiger partial charge in [-0.3, -0.25) is 4.79 Å². The molecule has 32 heavy (non-hydrogen) atoms. The number of sulfonamides is 1. The number of hydrogen-bond donors (Lipinski definition) is 0. The Morgan fingerprint density at radius 3 is 2.62 bits per heavy atom. The zero-order chi connectivity index (χ0) is 22.9. The minimum Gasteiger partial charge on any atom is -0.316 e. The summed E-state index contributed by atoms with van der Waals surface area (Å²) in [5, 5.41) is 1.07. The van der Waals surface area contributed by atoms with Crippen LogP contribution in [0.3, 0.4) is 0 Å². The van der Waals surface area contributed by atoms with Gasteiger partial charge in [-0.25, -0.2) is 8.42 Å². The predicted molar refractivity (Wildman–Crippen MR) is 132 cm³/mol. The summed E-state index contributed by atoms with van der Waals surface area (Å²) in [7, 11) is -3.83. The smallest absolute Gasteiger partial charge is 0.266 e. The third-order valence-corrected chi connectivity index (χ3v) is 9.32. The van der Waals surface area contributed by atoms with Gasteiger partial charge >= 0.3 is 0 Å².